The molecular formula is C20H21N3O3. The standard InChI is InChI=1S/C20H21N3O3/c1-13-8-14(2)10-17(9-13)23-12-16(11-18(23)24)20(26)22-21-19(25)15-6-4-3-5-7-15/h3-10,16H,11-12H2,1-2H3,(H,21,25)(H,22,26)/t16-/m0/s1. The van der Waals surface area contributed by atoms with E-state index < -0.39 is 11.8 Å². The van der Waals surface area contributed by atoms with Crippen LogP contribution in [0.5, 0.6) is 0 Å². The number of carbonyl (C=O) groups excluding carboxylic acids is 3. The highest BCUT2D eigenvalue weighted by molar-refractivity contribution is 6.01. The third-order valence-corrected chi connectivity index (χ3v) is 4.35. The fraction of sp³-hybridized carbons (Fsp3) is 0.250. The van der Waals surface area contributed by atoms with Crippen LogP contribution in [0.4, 0.5) is 5.69 Å². The first-order chi connectivity index (χ1) is 12.4. The number of nitrogens with zero attached hydrogens (tertiary/aromatic N) is 1. The van der Waals surface area contributed by atoms with E-state index in [1.54, 1.807) is 35.2 Å². The molecule has 1 saturated heterocycles. The Balaban J connectivity index is 1.61. The van der Waals surface area contributed by atoms with Crippen molar-refractivity contribution in [2.75, 3.05) is 11.4 Å². The summed E-state index contributed by atoms with van der Waals surface area (Å²) in [6, 6.07) is 14.5. The Labute approximate surface area is 152 Å². The topological polar surface area (TPSA) is 78.5 Å². The summed E-state index contributed by atoms with van der Waals surface area (Å²) < 4.78 is 0. The molecule has 26 heavy (non-hydrogen) atoms. The number of rotatable bonds is 3. The third kappa shape index (κ3) is 3.91. The molecule has 2 aromatic carbocycles. The average molecular weight is 351 g/mol. The highest BCUT2D eigenvalue weighted by Crippen LogP contribution is 2.26. The minimum absolute atomic E-state index is 0.0930. The smallest absolute Gasteiger partial charge is 0.269 e. The predicted octanol–water partition coefficient (Wildman–Crippen LogP) is 2.12. The van der Waals surface area contributed by atoms with Gasteiger partial charge < -0.3 is 4.90 Å². The van der Waals surface area contributed by atoms with E-state index in [0.29, 0.717) is 12.1 Å². The Bertz CT molecular complexity index is 828. The maximum absolute atomic E-state index is 12.3. The summed E-state index contributed by atoms with van der Waals surface area (Å²) >= 11 is 0. The van der Waals surface area contributed by atoms with E-state index in [2.05, 4.69) is 10.9 Å². The first-order valence-electron chi connectivity index (χ1n) is 8.48. The maximum Gasteiger partial charge on any atom is 0.269 e. The molecule has 3 rings (SSSR count). The number of nitrogens with one attached hydrogen (secondary N) is 2. The molecule has 0 aliphatic carbocycles. The van der Waals surface area contributed by atoms with Gasteiger partial charge in [0.05, 0.1) is 5.92 Å². The zero-order valence-electron chi connectivity index (χ0n) is 14.8. The number of amides is 3. The van der Waals surface area contributed by atoms with Crippen molar-refractivity contribution >= 4 is 23.4 Å². The lowest BCUT2D eigenvalue weighted by atomic mass is 10.1. The summed E-state index contributed by atoms with van der Waals surface area (Å²) in [4.78, 5) is 38.3. The summed E-state index contributed by atoms with van der Waals surface area (Å²) in [7, 11) is 0. The normalized spacial score (nSPS) is 16.5. The van der Waals surface area contributed by atoms with Crippen molar-refractivity contribution in [3.05, 3.63) is 65.2 Å². The van der Waals surface area contributed by atoms with E-state index in [1.807, 2.05) is 32.0 Å². The van der Waals surface area contributed by atoms with Gasteiger partial charge in [0, 0.05) is 24.2 Å². The number of hydrogen-bond acceptors (Lipinski definition) is 3. The van der Waals surface area contributed by atoms with Crippen molar-refractivity contribution in [2.24, 2.45) is 5.92 Å². The Morgan fingerprint density at radius 3 is 2.31 bits per heavy atom. The largest absolute Gasteiger partial charge is 0.312 e. The zero-order chi connectivity index (χ0) is 18.7. The van der Waals surface area contributed by atoms with Crippen LogP contribution in [-0.2, 0) is 9.59 Å². The molecule has 134 valence electrons. The molecule has 0 spiro atoms. The molecule has 1 heterocycles. The number of hydrazine groups is 1. The van der Waals surface area contributed by atoms with Crippen LogP contribution < -0.4 is 15.8 Å². The second-order valence-corrected chi connectivity index (χ2v) is 6.56. The zero-order valence-corrected chi connectivity index (χ0v) is 14.8. The van der Waals surface area contributed by atoms with Crippen LogP contribution in [0.15, 0.2) is 48.5 Å². The van der Waals surface area contributed by atoms with Gasteiger partial charge in [-0.1, -0.05) is 24.3 Å². The predicted molar refractivity (Wildman–Crippen MR) is 98.4 cm³/mol. The molecule has 0 aromatic heterocycles. The van der Waals surface area contributed by atoms with Gasteiger partial charge in [-0.2, -0.15) is 0 Å². The second kappa shape index (κ2) is 7.39. The number of benzene rings is 2. The summed E-state index contributed by atoms with van der Waals surface area (Å²) in [5.74, 6) is -1.35. The van der Waals surface area contributed by atoms with Crippen LogP contribution in [0.2, 0.25) is 0 Å². The van der Waals surface area contributed by atoms with Crippen molar-refractivity contribution in [1.29, 1.82) is 0 Å². The van der Waals surface area contributed by atoms with E-state index >= 15 is 0 Å². The number of aryl methyl sites for hydroxylation is 2. The third-order valence-electron chi connectivity index (χ3n) is 4.35. The van der Waals surface area contributed by atoms with Crippen LogP contribution in [-0.4, -0.2) is 24.3 Å². The molecule has 0 saturated carbocycles. The van der Waals surface area contributed by atoms with Crippen LogP contribution in [0.25, 0.3) is 0 Å². The van der Waals surface area contributed by atoms with Gasteiger partial charge in [0.2, 0.25) is 11.8 Å². The lowest BCUT2D eigenvalue weighted by Gasteiger charge is -2.18. The quantitative estimate of drug-likeness (QED) is 0.832. The number of anilines is 1. The van der Waals surface area contributed by atoms with Crippen molar-refractivity contribution in [2.45, 2.75) is 20.3 Å². The molecule has 6 nitrogen and oxygen atoms in total. The van der Waals surface area contributed by atoms with Crippen LogP contribution in [0, 0.1) is 19.8 Å². The fourth-order valence-corrected chi connectivity index (χ4v) is 3.12. The summed E-state index contributed by atoms with van der Waals surface area (Å²) in [5, 5.41) is 0. The van der Waals surface area contributed by atoms with Crippen LogP contribution in [0.3, 0.4) is 0 Å². The lowest BCUT2D eigenvalue weighted by molar-refractivity contribution is -0.126. The molecule has 1 atom stereocenters. The first-order valence-corrected chi connectivity index (χ1v) is 8.48. The maximum atomic E-state index is 12.3. The van der Waals surface area contributed by atoms with Gasteiger partial charge in [-0.05, 0) is 49.2 Å². The molecule has 1 aliphatic heterocycles. The van der Waals surface area contributed by atoms with Gasteiger partial charge >= 0.3 is 0 Å². The number of hydrogen-bond donors (Lipinski definition) is 2. The van der Waals surface area contributed by atoms with Crippen LogP contribution in [0.1, 0.15) is 27.9 Å². The van der Waals surface area contributed by atoms with Gasteiger partial charge in [-0.15, -0.1) is 0 Å². The van der Waals surface area contributed by atoms with Gasteiger partial charge in [0.1, 0.15) is 0 Å². The van der Waals surface area contributed by atoms with Gasteiger partial charge in [-0.25, -0.2) is 0 Å². The molecule has 0 unspecified atom stereocenters. The fourth-order valence-electron chi connectivity index (χ4n) is 3.12. The molecule has 1 aliphatic rings. The van der Waals surface area contributed by atoms with Crippen molar-refractivity contribution < 1.29 is 14.4 Å². The summed E-state index contributed by atoms with van der Waals surface area (Å²) in [6.45, 7) is 4.25. The van der Waals surface area contributed by atoms with E-state index in [9.17, 15) is 14.4 Å². The number of carbonyl (C=O) groups is 3. The highest BCUT2D eigenvalue weighted by Gasteiger charge is 2.35. The average Bonchev–Trinajstić information content (AvgIpc) is 3.01. The Hall–Kier alpha value is -3.15. The molecule has 0 radical (unpaired) electrons. The second-order valence-electron chi connectivity index (χ2n) is 6.56. The van der Waals surface area contributed by atoms with Crippen LogP contribution >= 0.6 is 0 Å². The lowest BCUT2D eigenvalue weighted by Crippen LogP contribution is -2.45. The first kappa shape index (κ1) is 17.7. The Morgan fingerprint density at radius 1 is 1.00 bits per heavy atom. The Kier molecular flexibility index (Phi) is 5.02. The molecule has 2 N–H and O–H groups in total. The molecule has 6 heteroatoms. The van der Waals surface area contributed by atoms with Crippen molar-refractivity contribution in [1.82, 2.24) is 10.9 Å². The molecule has 0 bridgehead atoms. The van der Waals surface area contributed by atoms with E-state index in [-0.39, 0.29) is 18.2 Å². The monoisotopic (exact) mass is 351 g/mol. The van der Waals surface area contributed by atoms with Gasteiger partial charge in [0.25, 0.3) is 5.91 Å². The SMILES string of the molecule is Cc1cc(C)cc(N2C[C@@H](C(=O)NNC(=O)c3ccccc3)CC2=O)c1. The molecular weight excluding hydrogens is 330 g/mol. The van der Waals surface area contributed by atoms with E-state index in [0.717, 1.165) is 16.8 Å². The Morgan fingerprint density at radius 2 is 1.65 bits per heavy atom. The highest BCUT2D eigenvalue weighted by atomic mass is 16.2. The summed E-state index contributed by atoms with van der Waals surface area (Å²) in [6.07, 6.45) is 0.125. The summed E-state index contributed by atoms with van der Waals surface area (Å²) in [5.41, 5.74) is 8.20. The molecule has 3 amide bonds. The van der Waals surface area contributed by atoms with Crippen molar-refractivity contribution in [3.63, 3.8) is 0 Å². The molecule has 1 fully saturated rings. The van der Waals surface area contributed by atoms with E-state index in [1.165, 1.54) is 0 Å². The minimum Gasteiger partial charge on any atom is -0.312 e. The van der Waals surface area contributed by atoms with Crippen molar-refractivity contribution in [3.8, 4) is 0 Å². The minimum atomic E-state index is -0.501. The molecule has 2 aromatic rings. The van der Waals surface area contributed by atoms with Gasteiger partial charge in [-0.3, -0.25) is 25.2 Å². The van der Waals surface area contributed by atoms with Gasteiger partial charge in [0.15, 0.2) is 0 Å². The van der Waals surface area contributed by atoms with E-state index in [4.69, 9.17) is 0 Å².